The van der Waals surface area contributed by atoms with E-state index in [2.05, 4.69) is 72.4 Å². The number of hydrogen-bond acceptors (Lipinski definition) is 1. The van der Waals surface area contributed by atoms with Crippen LogP contribution in [0.2, 0.25) is 0 Å². The van der Waals surface area contributed by atoms with Crippen molar-refractivity contribution in [3.63, 3.8) is 0 Å². The third-order valence-electron chi connectivity index (χ3n) is 3.39. The number of carbonyl (C=O) groups excluding carboxylic acids is 1. The van der Waals surface area contributed by atoms with Crippen molar-refractivity contribution >= 4 is 10.0 Å². The van der Waals surface area contributed by atoms with Crippen molar-refractivity contribution in [2.75, 3.05) is 0 Å². The molecule has 0 saturated heterocycles. The molecule has 0 aromatic heterocycles. The topological polar surface area (TPSA) is 17.1 Å². The predicted octanol–water partition coefficient (Wildman–Crippen LogP) is 6.96. The summed E-state index contributed by atoms with van der Waals surface area (Å²) in [4.78, 5) is 11.2. The van der Waals surface area contributed by atoms with Gasteiger partial charge in [0.2, 0.25) is 0 Å². The van der Waals surface area contributed by atoms with Gasteiger partial charge in [-0.05, 0) is 18.3 Å². The second-order valence-corrected chi connectivity index (χ2v) is 10.3. The van der Waals surface area contributed by atoms with Gasteiger partial charge in [-0.15, -0.1) is 0 Å². The first kappa shape index (κ1) is 28.9. The number of rotatable bonds is 5. The van der Waals surface area contributed by atoms with Gasteiger partial charge in [-0.25, -0.2) is 0 Å². The third kappa shape index (κ3) is 20.2. The molecule has 0 heterocycles. The average Bonchev–Trinajstić information content (AvgIpc) is 2.35. The Balaban J connectivity index is -0.000000278. The van der Waals surface area contributed by atoms with E-state index >= 15 is 0 Å². The molecule has 1 nitrogen and oxygen atoms in total. The zero-order valence-corrected chi connectivity index (χ0v) is 20.3. The van der Waals surface area contributed by atoms with E-state index in [4.69, 9.17) is 0 Å². The van der Waals surface area contributed by atoms with Gasteiger partial charge in [0, 0.05) is 11.3 Å². The molecule has 2 heteroatoms. The number of hydrogen-bond donors (Lipinski definition) is 0. The van der Waals surface area contributed by atoms with Crippen molar-refractivity contribution in [3.05, 3.63) is 0 Å². The van der Waals surface area contributed by atoms with Crippen molar-refractivity contribution in [1.82, 2.24) is 0 Å². The van der Waals surface area contributed by atoms with E-state index in [-0.39, 0.29) is 11.3 Å². The third-order valence-corrected chi connectivity index (χ3v) is 5.00. The summed E-state index contributed by atoms with van der Waals surface area (Å²) in [6, 6.07) is 0. The quantitative estimate of drug-likeness (QED) is 0.506. The Hall–Kier alpha value is 0.124. The molecule has 24 heavy (non-hydrogen) atoms. The SMILES string of the molecule is CC(C)C(=O)C(C)(C)C.CC(C)CC(C)C.CC(C)[C](=[V])C(C)C. The van der Waals surface area contributed by atoms with E-state index < -0.39 is 0 Å². The molecule has 0 aliphatic rings. The second kappa shape index (κ2) is 14.3. The monoisotopic (exact) mass is 377 g/mol. The van der Waals surface area contributed by atoms with Crippen LogP contribution >= 0.6 is 0 Å². The molecule has 0 spiro atoms. The van der Waals surface area contributed by atoms with Gasteiger partial charge in [0.1, 0.15) is 5.78 Å². The molecule has 0 radical (unpaired) electrons. The van der Waals surface area contributed by atoms with Crippen LogP contribution in [0.3, 0.4) is 0 Å². The minimum atomic E-state index is -0.159. The van der Waals surface area contributed by atoms with Gasteiger partial charge < -0.3 is 0 Å². The van der Waals surface area contributed by atoms with Crippen LogP contribution in [0.4, 0.5) is 0 Å². The molecule has 0 N–H and O–H groups in total. The Labute approximate surface area is 163 Å². The summed E-state index contributed by atoms with van der Waals surface area (Å²) >= 11 is 2.66. The number of ketones is 1. The Morgan fingerprint density at radius 2 is 1.00 bits per heavy atom. The van der Waals surface area contributed by atoms with Crippen molar-refractivity contribution in [2.45, 2.75) is 96.4 Å². The molecule has 0 amide bonds. The predicted molar refractivity (Wildman–Crippen MR) is 108 cm³/mol. The van der Waals surface area contributed by atoms with Crippen LogP contribution in [0.15, 0.2) is 0 Å². The van der Waals surface area contributed by atoms with Crippen molar-refractivity contribution in [3.8, 4) is 0 Å². The van der Waals surface area contributed by atoms with E-state index in [0.29, 0.717) is 5.78 Å². The maximum atomic E-state index is 11.2. The van der Waals surface area contributed by atoms with Gasteiger partial charge in [0.15, 0.2) is 0 Å². The molecule has 0 aliphatic heterocycles. The fourth-order valence-electron chi connectivity index (χ4n) is 2.48. The number of carbonyl (C=O) groups is 1. The van der Waals surface area contributed by atoms with E-state index in [1.807, 2.05) is 34.6 Å². The molecule has 0 aromatic rings. The van der Waals surface area contributed by atoms with E-state index in [0.717, 1.165) is 23.7 Å². The standard InChI is InChI=1S/C8H16O.C7H16.C7H14.V/c1-6(2)7(9)8(3,4)5;2*1-6(2)5-7(3)4;/h6H,1-5H3;6-7H,5H2,1-4H3;6-7H,1-4H3;. The van der Waals surface area contributed by atoms with Gasteiger partial charge >= 0.3 is 60.7 Å². The molecule has 0 saturated carbocycles. The van der Waals surface area contributed by atoms with Crippen LogP contribution in [0, 0.1) is 35.0 Å². The normalized spacial score (nSPS) is 11.4. The van der Waals surface area contributed by atoms with Gasteiger partial charge in [-0.3, -0.25) is 4.79 Å². The summed E-state index contributed by atoms with van der Waals surface area (Å²) < 4.78 is 1.54. The van der Waals surface area contributed by atoms with Crippen LogP contribution in [-0.2, 0) is 21.8 Å². The minimum absolute atomic E-state index is 0.159. The Morgan fingerprint density at radius 1 is 0.708 bits per heavy atom. The van der Waals surface area contributed by atoms with Gasteiger partial charge in [-0.2, -0.15) is 0 Å². The maximum absolute atomic E-state index is 11.2. The zero-order chi connectivity index (χ0) is 20.2. The second-order valence-electron chi connectivity index (χ2n) is 9.53. The van der Waals surface area contributed by atoms with Crippen molar-refractivity contribution in [1.29, 1.82) is 0 Å². The van der Waals surface area contributed by atoms with Crippen LogP contribution in [-0.4, -0.2) is 10.0 Å². The Kier molecular flexibility index (Phi) is 17.2. The molecule has 145 valence electrons. The first-order valence-electron chi connectivity index (χ1n) is 9.63. The molecule has 0 aliphatic carbocycles. The van der Waals surface area contributed by atoms with Gasteiger partial charge in [-0.1, -0.05) is 62.3 Å². The molecular weight excluding hydrogens is 331 g/mol. The van der Waals surface area contributed by atoms with E-state index in [1.165, 1.54) is 10.6 Å². The first-order chi connectivity index (χ1) is 10.5. The van der Waals surface area contributed by atoms with Crippen LogP contribution in [0.1, 0.15) is 96.4 Å². The van der Waals surface area contributed by atoms with Crippen LogP contribution < -0.4 is 0 Å². The van der Waals surface area contributed by atoms with Crippen molar-refractivity contribution in [2.24, 2.45) is 35.0 Å². The van der Waals surface area contributed by atoms with Gasteiger partial charge in [0.05, 0.1) is 0 Å². The molecule has 0 bridgehead atoms. The van der Waals surface area contributed by atoms with E-state index in [1.54, 1.807) is 0 Å². The van der Waals surface area contributed by atoms with Crippen LogP contribution in [0.5, 0.6) is 0 Å². The van der Waals surface area contributed by atoms with E-state index in [9.17, 15) is 4.79 Å². The summed E-state index contributed by atoms with van der Waals surface area (Å²) in [5.74, 6) is 3.72. The van der Waals surface area contributed by atoms with Crippen molar-refractivity contribution < 1.29 is 21.8 Å². The average molecular weight is 378 g/mol. The summed E-state index contributed by atoms with van der Waals surface area (Å²) in [7, 11) is 0. The summed E-state index contributed by atoms with van der Waals surface area (Å²) in [6.45, 7) is 27.7. The first-order valence-corrected chi connectivity index (χ1v) is 10.3. The zero-order valence-electron chi connectivity index (χ0n) is 18.9. The van der Waals surface area contributed by atoms with Gasteiger partial charge in [0.25, 0.3) is 0 Å². The molecular formula is C22H46OV. The fraction of sp³-hybridized carbons (Fsp3) is 0.909. The number of Topliss-reactive ketones (excluding diaryl/α,β-unsaturated/α-hetero) is 1. The molecule has 0 fully saturated rings. The molecule has 0 unspecified atom stereocenters. The summed E-state index contributed by atoms with van der Waals surface area (Å²) in [5.41, 5.74) is -0.159. The molecule has 0 rings (SSSR count). The van der Waals surface area contributed by atoms with Crippen LogP contribution in [0.25, 0.3) is 0 Å². The Bertz CT molecular complexity index is 314. The molecule has 0 aromatic carbocycles. The summed E-state index contributed by atoms with van der Waals surface area (Å²) in [5, 5.41) is 0. The fourth-order valence-corrected chi connectivity index (χ4v) is 2.48. The Morgan fingerprint density at radius 3 is 1.00 bits per heavy atom. The summed E-state index contributed by atoms with van der Waals surface area (Å²) in [6.07, 6.45) is 1.36. The molecule has 0 atom stereocenters.